The average molecular weight is 269 g/mol. The van der Waals surface area contributed by atoms with Crippen molar-refractivity contribution in [1.82, 2.24) is 0 Å². The molecule has 20 heavy (non-hydrogen) atoms. The van der Waals surface area contributed by atoms with E-state index in [0.717, 1.165) is 30.2 Å². The van der Waals surface area contributed by atoms with Crippen molar-refractivity contribution in [2.75, 3.05) is 6.79 Å². The van der Waals surface area contributed by atoms with Crippen molar-refractivity contribution in [3.63, 3.8) is 0 Å². The molecule has 2 aliphatic carbocycles. The molecule has 102 valence electrons. The van der Waals surface area contributed by atoms with Gasteiger partial charge in [-0.05, 0) is 48.8 Å². The molecule has 2 saturated carbocycles. The van der Waals surface area contributed by atoms with Crippen LogP contribution in [0.3, 0.4) is 0 Å². The summed E-state index contributed by atoms with van der Waals surface area (Å²) in [4.78, 5) is 12.5. The number of Topliss-reactive ketones (excluding diaryl/α,β-unsaturated/α-hetero) is 1. The van der Waals surface area contributed by atoms with Crippen LogP contribution in [0.2, 0.25) is 0 Å². The Labute approximate surface area is 117 Å². The molecule has 3 atom stereocenters. The summed E-state index contributed by atoms with van der Waals surface area (Å²) in [7, 11) is 0. The molecule has 1 aliphatic heterocycles. The van der Waals surface area contributed by atoms with Gasteiger partial charge in [-0.2, -0.15) is 5.26 Å². The molecule has 0 amide bonds. The van der Waals surface area contributed by atoms with Crippen molar-refractivity contribution in [3.05, 3.63) is 23.8 Å². The number of ether oxygens (including phenoxy) is 2. The van der Waals surface area contributed by atoms with Gasteiger partial charge in [0.15, 0.2) is 17.3 Å². The van der Waals surface area contributed by atoms with Crippen molar-refractivity contribution < 1.29 is 14.3 Å². The van der Waals surface area contributed by atoms with Crippen LogP contribution in [0.15, 0.2) is 18.2 Å². The van der Waals surface area contributed by atoms with Crippen LogP contribution < -0.4 is 9.47 Å². The first-order chi connectivity index (χ1) is 9.76. The molecule has 0 radical (unpaired) electrons. The predicted molar refractivity (Wildman–Crippen MR) is 70.2 cm³/mol. The SMILES string of the molecule is N#CC(C(=O)C1CC2CC2C1)c1ccc2c(c1)OCO2. The van der Waals surface area contributed by atoms with E-state index in [1.165, 1.54) is 6.42 Å². The van der Waals surface area contributed by atoms with Gasteiger partial charge in [-0.1, -0.05) is 6.07 Å². The van der Waals surface area contributed by atoms with E-state index in [2.05, 4.69) is 6.07 Å². The minimum Gasteiger partial charge on any atom is -0.454 e. The second-order valence-corrected chi connectivity index (χ2v) is 6.00. The number of carbonyl (C=O) groups excluding carboxylic acids is 1. The molecule has 1 aromatic carbocycles. The highest BCUT2D eigenvalue weighted by Crippen LogP contribution is 2.55. The number of nitrogens with zero attached hydrogens (tertiary/aromatic N) is 1. The third-order valence-electron chi connectivity index (χ3n) is 4.79. The van der Waals surface area contributed by atoms with Crippen LogP contribution >= 0.6 is 0 Å². The topological polar surface area (TPSA) is 59.3 Å². The van der Waals surface area contributed by atoms with Crippen LogP contribution in [0.1, 0.15) is 30.7 Å². The molecule has 4 nitrogen and oxygen atoms in total. The number of fused-ring (bicyclic) bond motifs is 2. The van der Waals surface area contributed by atoms with Crippen LogP contribution in [0.25, 0.3) is 0 Å². The highest BCUT2D eigenvalue weighted by Gasteiger charge is 2.49. The van der Waals surface area contributed by atoms with Crippen LogP contribution in [0, 0.1) is 29.1 Å². The van der Waals surface area contributed by atoms with Crippen LogP contribution in [0.4, 0.5) is 0 Å². The van der Waals surface area contributed by atoms with Crippen molar-refractivity contribution in [2.24, 2.45) is 17.8 Å². The summed E-state index contributed by atoms with van der Waals surface area (Å²) in [5, 5.41) is 9.39. The van der Waals surface area contributed by atoms with Gasteiger partial charge in [-0.15, -0.1) is 0 Å². The van der Waals surface area contributed by atoms with Gasteiger partial charge in [0, 0.05) is 5.92 Å². The number of ketones is 1. The van der Waals surface area contributed by atoms with Gasteiger partial charge >= 0.3 is 0 Å². The standard InChI is InChI=1S/C16H15NO3/c17-7-13(16(18)12-4-10-3-11(10)5-12)9-1-2-14-15(6-9)20-8-19-14/h1-2,6,10-13H,3-5,8H2. The molecule has 0 spiro atoms. The highest BCUT2D eigenvalue weighted by molar-refractivity contribution is 5.91. The second kappa shape index (κ2) is 4.24. The van der Waals surface area contributed by atoms with Gasteiger partial charge < -0.3 is 9.47 Å². The molecular formula is C16H15NO3. The summed E-state index contributed by atoms with van der Waals surface area (Å²) >= 11 is 0. The smallest absolute Gasteiger partial charge is 0.231 e. The molecule has 3 unspecified atom stereocenters. The largest absolute Gasteiger partial charge is 0.454 e. The molecule has 0 N–H and O–H groups in total. The quantitative estimate of drug-likeness (QED) is 0.846. The molecule has 1 aromatic rings. The number of hydrogen-bond donors (Lipinski definition) is 0. The second-order valence-electron chi connectivity index (χ2n) is 6.00. The van der Waals surface area contributed by atoms with Crippen LogP contribution in [0.5, 0.6) is 11.5 Å². The van der Waals surface area contributed by atoms with E-state index in [9.17, 15) is 10.1 Å². The zero-order valence-electron chi connectivity index (χ0n) is 11.0. The Morgan fingerprint density at radius 2 is 1.95 bits per heavy atom. The molecule has 4 rings (SSSR count). The Hall–Kier alpha value is -2.02. The number of carbonyl (C=O) groups is 1. The maximum Gasteiger partial charge on any atom is 0.231 e. The lowest BCUT2D eigenvalue weighted by atomic mass is 9.86. The molecule has 1 heterocycles. The van der Waals surface area contributed by atoms with Crippen LogP contribution in [-0.2, 0) is 4.79 Å². The fourth-order valence-corrected chi connectivity index (χ4v) is 3.58. The van der Waals surface area contributed by atoms with Crippen molar-refractivity contribution in [1.29, 1.82) is 5.26 Å². The van der Waals surface area contributed by atoms with E-state index in [1.54, 1.807) is 18.2 Å². The van der Waals surface area contributed by atoms with Gasteiger partial charge in [0.2, 0.25) is 6.79 Å². The van der Waals surface area contributed by atoms with Gasteiger partial charge in [-0.25, -0.2) is 0 Å². The zero-order valence-corrected chi connectivity index (χ0v) is 11.0. The Bertz CT molecular complexity index is 609. The fraction of sp³-hybridized carbons (Fsp3) is 0.500. The van der Waals surface area contributed by atoms with Gasteiger partial charge in [0.25, 0.3) is 0 Å². The van der Waals surface area contributed by atoms with Gasteiger partial charge in [0.1, 0.15) is 5.92 Å². The Kier molecular flexibility index (Phi) is 2.50. The summed E-state index contributed by atoms with van der Waals surface area (Å²) in [5.41, 5.74) is 0.724. The normalized spacial score (nSPS) is 30.4. The van der Waals surface area contributed by atoms with E-state index in [-0.39, 0.29) is 18.5 Å². The first-order valence-corrected chi connectivity index (χ1v) is 7.09. The Morgan fingerprint density at radius 1 is 1.20 bits per heavy atom. The first kappa shape index (κ1) is 11.8. The molecule has 4 heteroatoms. The molecule has 0 saturated heterocycles. The molecule has 2 fully saturated rings. The third-order valence-corrected chi connectivity index (χ3v) is 4.79. The minimum absolute atomic E-state index is 0.0776. The van der Waals surface area contributed by atoms with Crippen LogP contribution in [-0.4, -0.2) is 12.6 Å². The van der Waals surface area contributed by atoms with Gasteiger partial charge in [-0.3, -0.25) is 4.79 Å². The summed E-state index contributed by atoms with van der Waals surface area (Å²) in [6.07, 6.45) is 3.24. The maximum atomic E-state index is 12.5. The molecule has 3 aliphatic rings. The van der Waals surface area contributed by atoms with E-state index < -0.39 is 5.92 Å². The lowest BCUT2D eigenvalue weighted by Crippen LogP contribution is -2.20. The van der Waals surface area contributed by atoms with E-state index in [0.29, 0.717) is 11.5 Å². The van der Waals surface area contributed by atoms with E-state index >= 15 is 0 Å². The first-order valence-electron chi connectivity index (χ1n) is 7.09. The lowest BCUT2D eigenvalue weighted by molar-refractivity contribution is -0.123. The summed E-state index contributed by atoms with van der Waals surface area (Å²) in [6.45, 7) is 0.204. The monoisotopic (exact) mass is 269 g/mol. The van der Waals surface area contributed by atoms with Crippen molar-refractivity contribution in [2.45, 2.75) is 25.2 Å². The number of rotatable bonds is 3. The zero-order chi connectivity index (χ0) is 13.7. The van der Waals surface area contributed by atoms with E-state index in [4.69, 9.17) is 9.47 Å². The lowest BCUT2D eigenvalue weighted by Gasteiger charge is -2.15. The van der Waals surface area contributed by atoms with Gasteiger partial charge in [0.05, 0.1) is 6.07 Å². The Balaban J connectivity index is 1.58. The maximum absolute atomic E-state index is 12.5. The highest BCUT2D eigenvalue weighted by atomic mass is 16.7. The van der Waals surface area contributed by atoms with Crippen molar-refractivity contribution >= 4 is 5.78 Å². The number of hydrogen-bond acceptors (Lipinski definition) is 4. The summed E-state index contributed by atoms with van der Waals surface area (Å²) in [6, 6.07) is 7.52. The number of benzene rings is 1. The minimum atomic E-state index is -0.674. The fourth-order valence-electron chi connectivity index (χ4n) is 3.58. The molecule has 0 aromatic heterocycles. The summed E-state index contributed by atoms with van der Waals surface area (Å²) < 4.78 is 10.6. The molecule has 0 bridgehead atoms. The van der Waals surface area contributed by atoms with Crippen molar-refractivity contribution in [3.8, 4) is 17.6 Å². The third kappa shape index (κ3) is 1.77. The number of nitriles is 1. The average Bonchev–Trinajstić information content (AvgIpc) is 2.90. The van der Waals surface area contributed by atoms with E-state index in [1.807, 2.05) is 0 Å². The summed E-state index contributed by atoms with van der Waals surface area (Å²) in [5.74, 6) is 2.30. The Morgan fingerprint density at radius 3 is 2.70 bits per heavy atom. The molecular weight excluding hydrogens is 254 g/mol. The predicted octanol–water partition coefficient (Wildman–Crippen LogP) is 2.64.